The summed E-state index contributed by atoms with van der Waals surface area (Å²) in [5.74, 6) is 0.0565. The molecule has 1 amide bonds. The second-order valence-corrected chi connectivity index (χ2v) is 7.94. The number of amides is 1. The number of rotatable bonds is 4. The molecule has 2 aliphatic rings. The number of carbonyl (C=O) groups is 1. The van der Waals surface area contributed by atoms with E-state index in [0.717, 1.165) is 64.6 Å². The smallest absolute Gasteiger partial charge is 0.272 e. The highest BCUT2D eigenvalue weighted by Gasteiger charge is 2.24. The predicted octanol–water partition coefficient (Wildman–Crippen LogP) is 2.49. The molecule has 0 bridgehead atoms. The van der Waals surface area contributed by atoms with E-state index in [2.05, 4.69) is 57.8 Å². The summed E-state index contributed by atoms with van der Waals surface area (Å²) in [5.41, 5.74) is 4.25. The van der Waals surface area contributed by atoms with Crippen LogP contribution >= 0.6 is 0 Å². The monoisotopic (exact) mass is 393 g/mol. The topological polar surface area (TPSA) is 42.9 Å². The molecule has 154 valence electrons. The van der Waals surface area contributed by atoms with Crippen molar-refractivity contribution in [3.05, 3.63) is 53.9 Å². The minimum absolute atomic E-state index is 0.0565. The minimum atomic E-state index is 0.0565. The van der Waals surface area contributed by atoms with E-state index < -0.39 is 0 Å². The predicted molar refractivity (Wildman–Crippen MR) is 118 cm³/mol. The summed E-state index contributed by atoms with van der Waals surface area (Å²) in [4.78, 5) is 26.4. The van der Waals surface area contributed by atoms with Crippen LogP contribution in [0.2, 0.25) is 0 Å². The number of hydrogen-bond donors (Lipinski definition) is 0. The summed E-state index contributed by atoms with van der Waals surface area (Å²) in [5, 5.41) is 0. The minimum Gasteiger partial charge on any atom is -0.368 e. The Morgan fingerprint density at radius 2 is 1.55 bits per heavy atom. The van der Waals surface area contributed by atoms with E-state index in [1.54, 1.807) is 6.20 Å². The van der Waals surface area contributed by atoms with E-state index in [1.807, 2.05) is 17.0 Å². The highest BCUT2D eigenvalue weighted by Crippen LogP contribution is 2.22. The fraction of sp³-hybridized carbons (Fsp3) is 0.478. The molecule has 0 saturated carbocycles. The van der Waals surface area contributed by atoms with Gasteiger partial charge in [-0.1, -0.05) is 19.1 Å². The van der Waals surface area contributed by atoms with Crippen molar-refractivity contribution in [2.24, 2.45) is 0 Å². The summed E-state index contributed by atoms with van der Waals surface area (Å²) in [6.07, 6.45) is 1.78. The lowest BCUT2D eigenvalue weighted by molar-refractivity contribution is 0.0637. The molecule has 1 aromatic carbocycles. The molecule has 0 spiro atoms. The van der Waals surface area contributed by atoms with Crippen LogP contribution < -0.4 is 9.80 Å². The third-order valence-electron chi connectivity index (χ3n) is 6.08. The fourth-order valence-corrected chi connectivity index (χ4v) is 4.21. The maximum atomic E-state index is 12.9. The maximum Gasteiger partial charge on any atom is 0.272 e. The average Bonchev–Trinajstić information content (AvgIpc) is 2.79. The van der Waals surface area contributed by atoms with Crippen LogP contribution in [0, 0.1) is 6.92 Å². The highest BCUT2D eigenvalue weighted by molar-refractivity contribution is 5.93. The van der Waals surface area contributed by atoms with E-state index >= 15 is 0 Å². The molecule has 6 nitrogen and oxygen atoms in total. The van der Waals surface area contributed by atoms with Crippen LogP contribution in [0.25, 0.3) is 0 Å². The van der Waals surface area contributed by atoms with Crippen LogP contribution in [0.3, 0.4) is 0 Å². The largest absolute Gasteiger partial charge is 0.368 e. The van der Waals surface area contributed by atoms with Crippen molar-refractivity contribution in [2.45, 2.75) is 13.8 Å². The van der Waals surface area contributed by atoms with Gasteiger partial charge in [0.25, 0.3) is 5.91 Å². The number of carbonyl (C=O) groups excluding carboxylic acids is 1. The Labute approximate surface area is 173 Å². The fourth-order valence-electron chi connectivity index (χ4n) is 4.21. The van der Waals surface area contributed by atoms with E-state index in [1.165, 1.54) is 11.3 Å². The molecule has 0 unspecified atom stereocenters. The Morgan fingerprint density at radius 3 is 2.17 bits per heavy atom. The molecule has 29 heavy (non-hydrogen) atoms. The molecule has 4 rings (SSSR count). The molecule has 6 heteroatoms. The third-order valence-corrected chi connectivity index (χ3v) is 6.08. The molecule has 0 N–H and O–H groups in total. The van der Waals surface area contributed by atoms with Gasteiger partial charge in [-0.15, -0.1) is 0 Å². The molecule has 2 aromatic rings. The van der Waals surface area contributed by atoms with Crippen molar-refractivity contribution in [2.75, 3.05) is 68.7 Å². The zero-order valence-corrected chi connectivity index (χ0v) is 17.5. The molecular formula is C23H31N5O. The first kappa shape index (κ1) is 19.7. The molecule has 3 heterocycles. The molecule has 1 aromatic heterocycles. The number of pyridine rings is 1. The summed E-state index contributed by atoms with van der Waals surface area (Å²) < 4.78 is 0. The highest BCUT2D eigenvalue weighted by atomic mass is 16.2. The Hall–Kier alpha value is -2.60. The van der Waals surface area contributed by atoms with Crippen molar-refractivity contribution < 1.29 is 4.79 Å². The third kappa shape index (κ3) is 4.53. The van der Waals surface area contributed by atoms with E-state index in [9.17, 15) is 4.79 Å². The Balaban J connectivity index is 1.38. The Morgan fingerprint density at radius 1 is 0.897 bits per heavy atom. The number of hydrogen-bond acceptors (Lipinski definition) is 5. The lowest BCUT2D eigenvalue weighted by atomic mass is 10.1. The van der Waals surface area contributed by atoms with Crippen molar-refractivity contribution in [1.82, 2.24) is 14.8 Å². The molecular weight excluding hydrogens is 362 g/mol. The van der Waals surface area contributed by atoms with Crippen molar-refractivity contribution in [3.63, 3.8) is 0 Å². The van der Waals surface area contributed by atoms with Gasteiger partial charge in [0.15, 0.2) is 0 Å². The number of anilines is 2. The maximum absolute atomic E-state index is 12.9. The summed E-state index contributed by atoms with van der Waals surface area (Å²) >= 11 is 0. The Bertz CT molecular complexity index is 839. The number of likely N-dealkylation sites (N-methyl/N-ethyl adjacent to an activating group) is 1. The van der Waals surface area contributed by atoms with Gasteiger partial charge in [0.1, 0.15) is 5.69 Å². The zero-order valence-electron chi connectivity index (χ0n) is 17.5. The first-order valence-electron chi connectivity index (χ1n) is 10.7. The molecule has 2 aliphatic heterocycles. The molecule has 0 aliphatic carbocycles. The van der Waals surface area contributed by atoms with Gasteiger partial charge in [0.05, 0.1) is 0 Å². The SMILES string of the molecule is CCN1CCN(C(=O)c2cc(N3CCN(c4cccc(C)c4)CC3)ccn2)CC1. The summed E-state index contributed by atoms with van der Waals surface area (Å²) in [6.45, 7) is 12.7. The van der Waals surface area contributed by atoms with Gasteiger partial charge in [-0.25, -0.2) is 0 Å². The number of aromatic nitrogens is 1. The zero-order chi connectivity index (χ0) is 20.2. The van der Waals surface area contributed by atoms with Gasteiger partial charge in [-0.3, -0.25) is 9.78 Å². The lowest BCUT2D eigenvalue weighted by Crippen LogP contribution is -2.48. The van der Waals surface area contributed by atoms with Gasteiger partial charge in [0, 0.05) is 69.9 Å². The van der Waals surface area contributed by atoms with Gasteiger partial charge in [-0.2, -0.15) is 0 Å². The molecule has 0 radical (unpaired) electrons. The molecule has 2 fully saturated rings. The van der Waals surface area contributed by atoms with E-state index in [-0.39, 0.29) is 5.91 Å². The first-order valence-corrected chi connectivity index (χ1v) is 10.7. The van der Waals surface area contributed by atoms with Gasteiger partial charge >= 0.3 is 0 Å². The van der Waals surface area contributed by atoms with Crippen LogP contribution in [-0.4, -0.2) is 79.6 Å². The summed E-state index contributed by atoms with van der Waals surface area (Å²) in [7, 11) is 0. The number of benzene rings is 1. The van der Waals surface area contributed by atoms with E-state index in [4.69, 9.17) is 0 Å². The van der Waals surface area contributed by atoms with Crippen molar-refractivity contribution >= 4 is 17.3 Å². The van der Waals surface area contributed by atoms with Crippen LogP contribution in [-0.2, 0) is 0 Å². The van der Waals surface area contributed by atoms with Gasteiger partial charge < -0.3 is 19.6 Å². The molecule has 0 atom stereocenters. The van der Waals surface area contributed by atoms with Crippen LogP contribution in [0.15, 0.2) is 42.6 Å². The quantitative estimate of drug-likeness (QED) is 0.799. The van der Waals surface area contributed by atoms with Gasteiger partial charge in [0.2, 0.25) is 0 Å². The van der Waals surface area contributed by atoms with E-state index in [0.29, 0.717) is 5.69 Å². The normalized spacial score (nSPS) is 18.2. The number of nitrogens with zero attached hydrogens (tertiary/aromatic N) is 5. The van der Waals surface area contributed by atoms with Crippen LogP contribution in [0.1, 0.15) is 23.0 Å². The number of piperazine rings is 2. The van der Waals surface area contributed by atoms with Crippen LogP contribution in [0.4, 0.5) is 11.4 Å². The van der Waals surface area contributed by atoms with Crippen LogP contribution in [0.5, 0.6) is 0 Å². The summed E-state index contributed by atoms with van der Waals surface area (Å²) in [6, 6.07) is 12.7. The average molecular weight is 394 g/mol. The molecule has 2 saturated heterocycles. The second kappa shape index (κ2) is 8.82. The van der Waals surface area contributed by atoms with Crippen molar-refractivity contribution in [1.29, 1.82) is 0 Å². The Kier molecular flexibility index (Phi) is 6.00. The number of aryl methyl sites for hydroxylation is 1. The first-order chi connectivity index (χ1) is 14.1. The standard InChI is InChI=1S/C23H31N5O/c1-3-25-9-11-28(12-10-25)23(29)22-18-21(7-8-24-22)27-15-13-26(14-16-27)20-6-4-5-19(2)17-20/h4-8,17-18H,3,9-16H2,1-2H3. The van der Waals surface area contributed by atoms with Gasteiger partial charge in [-0.05, 0) is 43.3 Å². The second-order valence-electron chi connectivity index (χ2n) is 7.94. The lowest BCUT2D eigenvalue weighted by Gasteiger charge is -2.37. The van der Waals surface area contributed by atoms with Crippen molar-refractivity contribution in [3.8, 4) is 0 Å².